The fourth-order valence-corrected chi connectivity index (χ4v) is 2.99. The lowest BCUT2D eigenvalue weighted by Gasteiger charge is -2.11. The van der Waals surface area contributed by atoms with Gasteiger partial charge in [0.1, 0.15) is 0 Å². The van der Waals surface area contributed by atoms with Gasteiger partial charge in [-0.1, -0.05) is 42.5 Å². The Bertz CT molecular complexity index is 704. The summed E-state index contributed by atoms with van der Waals surface area (Å²) in [5.74, 6) is -0.443. The van der Waals surface area contributed by atoms with Crippen molar-refractivity contribution < 1.29 is 14.3 Å². The summed E-state index contributed by atoms with van der Waals surface area (Å²) in [6.45, 7) is 2.19. The molecule has 0 fully saturated rings. The number of ketones is 1. The van der Waals surface area contributed by atoms with Gasteiger partial charge in [0.05, 0.1) is 12.5 Å². The standard InChI is InChI=1S/C19H18O3/c1-2-22-19(21)16-11-10-13-8-9-15(12-17(13)16)18(20)14-6-4-3-5-7-14/h3-9,12,16H,2,10-11H2,1H3. The summed E-state index contributed by atoms with van der Waals surface area (Å²) in [5.41, 5.74) is 3.37. The lowest BCUT2D eigenvalue weighted by atomic mass is 9.95. The van der Waals surface area contributed by atoms with Crippen LogP contribution in [0.15, 0.2) is 48.5 Å². The zero-order valence-electron chi connectivity index (χ0n) is 12.5. The first kappa shape index (κ1) is 14.5. The van der Waals surface area contributed by atoms with E-state index in [0.717, 1.165) is 24.0 Å². The number of benzene rings is 2. The van der Waals surface area contributed by atoms with Gasteiger partial charge >= 0.3 is 5.97 Å². The van der Waals surface area contributed by atoms with E-state index in [4.69, 9.17) is 4.74 Å². The number of hydrogen-bond acceptors (Lipinski definition) is 3. The smallest absolute Gasteiger partial charge is 0.313 e. The van der Waals surface area contributed by atoms with E-state index in [-0.39, 0.29) is 17.7 Å². The molecule has 1 aliphatic carbocycles. The molecule has 0 saturated heterocycles. The largest absolute Gasteiger partial charge is 0.466 e. The van der Waals surface area contributed by atoms with E-state index in [1.807, 2.05) is 43.3 Å². The van der Waals surface area contributed by atoms with Gasteiger partial charge in [-0.2, -0.15) is 0 Å². The maximum absolute atomic E-state index is 12.5. The minimum absolute atomic E-state index is 0.0158. The van der Waals surface area contributed by atoms with Crippen LogP contribution in [0.3, 0.4) is 0 Å². The topological polar surface area (TPSA) is 43.4 Å². The highest BCUT2D eigenvalue weighted by molar-refractivity contribution is 6.09. The van der Waals surface area contributed by atoms with E-state index in [9.17, 15) is 9.59 Å². The van der Waals surface area contributed by atoms with Crippen LogP contribution >= 0.6 is 0 Å². The molecule has 0 aliphatic heterocycles. The Morgan fingerprint density at radius 2 is 1.86 bits per heavy atom. The number of esters is 1. The molecule has 3 nitrogen and oxygen atoms in total. The first-order valence-corrected chi connectivity index (χ1v) is 7.60. The predicted octanol–water partition coefficient (Wildman–Crippen LogP) is 3.51. The average Bonchev–Trinajstić information content (AvgIpc) is 2.98. The molecule has 22 heavy (non-hydrogen) atoms. The van der Waals surface area contributed by atoms with Crippen LogP contribution in [0.5, 0.6) is 0 Å². The number of carbonyl (C=O) groups is 2. The Morgan fingerprint density at radius 3 is 2.59 bits per heavy atom. The van der Waals surface area contributed by atoms with Gasteiger partial charge in [0, 0.05) is 11.1 Å². The molecule has 0 aromatic heterocycles. The molecule has 0 heterocycles. The van der Waals surface area contributed by atoms with Crippen LogP contribution in [0.4, 0.5) is 0 Å². The highest BCUT2D eigenvalue weighted by atomic mass is 16.5. The van der Waals surface area contributed by atoms with Gasteiger partial charge in [-0.25, -0.2) is 0 Å². The van der Waals surface area contributed by atoms with E-state index >= 15 is 0 Å². The van der Waals surface area contributed by atoms with E-state index in [1.165, 1.54) is 0 Å². The Kier molecular flexibility index (Phi) is 4.05. The van der Waals surface area contributed by atoms with Crippen LogP contribution in [0, 0.1) is 0 Å². The van der Waals surface area contributed by atoms with Gasteiger partial charge in [-0.3, -0.25) is 9.59 Å². The molecule has 3 heteroatoms. The Morgan fingerprint density at radius 1 is 1.09 bits per heavy atom. The fraction of sp³-hybridized carbons (Fsp3) is 0.263. The quantitative estimate of drug-likeness (QED) is 0.640. The third-order valence-electron chi connectivity index (χ3n) is 4.09. The van der Waals surface area contributed by atoms with Crippen molar-refractivity contribution in [3.8, 4) is 0 Å². The number of carbonyl (C=O) groups excluding carboxylic acids is 2. The van der Waals surface area contributed by atoms with Crippen molar-refractivity contribution in [1.82, 2.24) is 0 Å². The van der Waals surface area contributed by atoms with Gasteiger partial charge < -0.3 is 4.74 Å². The third kappa shape index (κ3) is 2.67. The maximum Gasteiger partial charge on any atom is 0.313 e. The van der Waals surface area contributed by atoms with Crippen LogP contribution in [0.1, 0.15) is 46.3 Å². The van der Waals surface area contributed by atoms with Crippen molar-refractivity contribution in [3.05, 3.63) is 70.8 Å². The van der Waals surface area contributed by atoms with E-state index in [0.29, 0.717) is 17.7 Å². The first-order valence-electron chi connectivity index (χ1n) is 7.60. The molecule has 0 saturated carbocycles. The zero-order chi connectivity index (χ0) is 15.5. The normalized spacial score (nSPS) is 16.1. The molecule has 0 N–H and O–H groups in total. The molecular weight excluding hydrogens is 276 g/mol. The Labute approximate surface area is 129 Å². The average molecular weight is 294 g/mol. The second kappa shape index (κ2) is 6.14. The third-order valence-corrected chi connectivity index (χ3v) is 4.09. The van der Waals surface area contributed by atoms with E-state index < -0.39 is 0 Å². The van der Waals surface area contributed by atoms with Gasteiger partial charge in [0.15, 0.2) is 5.78 Å². The van der Waals surface area contributed by atoms with E-state index in [2.05, 4.69) is 0 Å². The molecule has 3 rings (SSSR count). The Balaban J connectivity index is 1.92. The molecule has 0 spiro atoms. The van der Waals surface area contributed by atoms with Gasteiger partial charge in [0.2, 0.25) is 0 Å². The minimum atomic E-state index is -0.238. The van der Waals surface area contributed by atoms with Gasteiger partial charge in [0.25, 0.3) is 0 Å². The highest BCUT2D eigenvalue weighted by Gasteiger charge is 2.30. The summed E-state index contributed by atoms with van der Waals surface area (Å²) in [6.07, 6.45) is 1.62. The molecule has 0 bridgehead atoms. The van der Waals surface area contributed by atoms with Crippen LogP contribution in [0.25, 0.3) is 0 Å². The zero-order valence-corrected chi connectivity index (χ0v) is 12.5. The summed E-state index contributed by atoms with van der Waals surface area (Å²) >= 11 is 0. The fourth-order valence-electron chi connectivity index (χ4n) is 2.99. The molecule has 112 valence electrons. The molecule has 1 atom stereocenters. The molecule has 0 radical (unpaired) electrons. The second-order valence-corrected chi connectivity index (χ2v) is 5.45. The lowest BCUT2D eigenvalue weighted by molar-refractivity contribution is -0.144. The molecule has 2 aromatic carbocycles. The minimum Gasteiger partial charge on any atom is -0.466 e. The number of rotatable bonds is 4. The molecule has 2 aromatic rings. The van der Waals surface area contributed by atoms with Gasteiger partial charge in [-0.05, 0) is 37.0 Å². The monoisotopic (exact) mass is 294 g/mol. The van der Waals surface area contributed by atoms with Crippen molar-refractivity contribution in [1.29, 1.82) is 0 Å². The molecule has 1 unspecified atom stereocenters. The van der Waals surface area contributed by atoms with Crippen LogP contribution in [-0.4, -0.2) is 18.4 Å². The summed E-state index contributed by atoms with van der Waals surface area (Å²) < 4.78 is 5.14. The Hall–Kier alpha value is -2.42. The number of fused-ring (bicyclic) bond motifs is 1. The second-order valence-electron chi connectivity index (χ2n) is 5.45. The summed E-state index contributed by atoms with van der Waals surface area (Å²) in [6, 6.07) is 14.9. The van der Waals surface area contributed by atoms with Crippen molar-refractivity contribution in [2.45, 2.75) is 25.7 Å². The van der Waals surface area contributed by atoms with Crippen LogP contribution in [0.2, 0.25) is 0 Å². The predicted molar refractivity (Wildman–Crippen MR) is 84.0 cm³/mol. The molecular formula is C19H18O3. The summed E-state index contributed by atoms with van der Waals surface area (Å²) in [4.78, 5) is 24.6. The maximum atomic E-state index is 12.5. The lowest BCUT2D eigenvalue weighted by Crippen LogP contribution is -2.14. The van der Waals surface area contributed by atoms with Crippen molar-refractivity contribution in [3.63, 3.8) is 0 Å². The summed E-state index contributed by atoms with van der Waals surface area (Å²) in [7, 11) is 0. The highest BCUT2D eigenvalue weighted by Crippen LogP contribution is 2.35. The first-order chi connectivity index (χ1) is 10.7. The van der Waals surface area contributed by atoms with Crippen molar-refractivity contribution in [2.75, 3.05) is 6.61 Å². The van der Waals surface area contributed by atoms with E-state index in [1.54, 1.807) is 12.1 Å². The molecule has 0 amide bonds. The SMILES string of the molecule is CCOC(=O)C1CCc2ccc(C(=O)c3ccccc3)cc21. The van der Waals surface area contributed by atoms with Crippen molar-refractivity contribution in [2.24, 2.45) is 0 Å². The van der Waals surface area contributed by atoms with Gasteiger partial charge in [-0.15, -0.1) is 0 Å². The number of hydrogen-bond donors (Lipinski definition) is 0. The number of aryl methyl sites for hydroxylation is 1. The summed E-state index contributed by atoms with van der Waals surface area (Å²) in [5, 5.41) is 0. The number of ether oxygens (including phenoxy) is 1. The van der Waals surface area contributed by atoms with Crippen LogP contribution < -0.4 is 0 Å². The van der Waals surface area contributed by atoms with Crippen molar-refractivity contribution >= 4 is 11.8 Å². The van der Waals surface area contributed by atoms with Crippen LogP contribution in [-0.2, 0) is 16.0 Å². The molecule has 1 aliphatic rings.